The van der Waals surface area contributed by atoms with Gasteiger partial charge in [0.05, 0.1) is 38.9 Å². The van der Waals surface area contributed by atoms with Crippen molar-refractivity contribution in [2.45, 2.75) is 12.8 Å². The average Bonchev–Trinajstić information content (AvgIpc) is 3.85. The molecule has 0 unspecified atom stereocenters. The van der Waals surface area contributed by atoms with Crippen LogP contribution >= 0.6 is 11.3 Å². The Morgan fingerprint density at radius 2 is 1.27 bits per heavy atom. The van der Waals surface area contributed by atoms with E-state index in [9.17, 15) is 5.26 Å². The van der Waals surface area contributed by atoms with Crippen LogP contribution in [0.4, 0.5) is 5.69 Å². The summed E-state index contributed by atoms with van der Waals surface area (Å²) in [6.45, 7) is 4.66. The minimum absolute atomic E-state index is 0.617. The molecule has 3 nitrogen and oxygen atoms in total. The maximum Gasteiger partial charge on any atom is 0.0991 e. The summed E-state index contributed by atoms with van der Waals surface area (Å²) in [6.07, 6.45) is 4.12. The van der Waals surface area contributed by atoms with Crippen LogP contribution < -0.4 is 0 Å². The molecule has 0 spiro atoms. The van der Waals surface area contributed by atoms with Crippen molar-refractivity contribution in [3.05, 3.63) is 215 Å². The third-order valence-electron chi connectivity index (χ3n) is 13.2. The zero-order valence-electron chi connectivity index (χ0n) is 33.6. The number of hydrogen-bond donors (Lipinski definition) is 0. The van der Waals surface area contributed by atoms with Gasteiger partial charge < -0.3 is 4.57 Å². The fourth-order valence-electron chi connectivity index (χ4n) is 10.5. The third-order valence-corrected chi connectivity index (χ3v) is 14.4. The van der Waals surface area contributed by atoms with Crippen molar-refractivity contribution in [3.63, 3.8) is 0 Å². The van der Waals surface area contributed by atoms with Crippen molar-refractivity contribution >= 4 is 98.1 Å². The van der Waals surface area contributed by atoms with Gasteiger partial charge in [0.15, 0.2) is 0 Å². The summed E-state index contributed by atoms with van der Waals surface area (Å²) in [5.41, 5.74) is 15.4. The molecule has 0 atom stereocenters. The van der Waals surface area contributed by atoms with E-state index in [-0.39, 0.29) is 0 Å². The molecule has 1 aliphatic carbocycles. The topological polar surface area (TPSA) is 41.1 Å². The van der Waals surface area contributed by atoms with E-state index in [1.165, 1.54) is 81.1 Å². The van der Waals surface area contributed by atoms with Gasteiger partial charge in [0.2, 0.25) is 0 Å². The fraction of sp³-hybridized carbons (Fsp3) is 0.0345. The van der Waals surface area contributed by atoms with Crippen molar-refractivity contribution in [1.82, 2.24) is 4.57 Å². The molecule has 0 bridgehead atoms. The number of aryl methyl sites for hydroxylation is 2. The van der Waals surface area contributed by atoms with Gasteiger partial charge in [0.1, 0.15) is 0 Å². The summed E-state index contributed by atoms with van der Waals surface area (Å²) in [4.78, 5) is 6.61. The number of thiophene rings is 1. The number of benzene rings is 9. The zero-order chi connectivity index (χ0) is 41.1. The first-order valence-electron chi connectivity index (χ1n) is 21.2. The molecule has 11 aromatic rings. The van der Waals surface area contributed by atoms with Gasteiger partial charge in [-0.15, -0.1) is 11.3 Å². The van der Waals surface area contributed by atoms with E-state index in [1.807, 2.05) is 24.3 Å². The molecule has 288 valence electrons. The predicted molar refractivity (Wildman–Crippen MR) is 262 cm³/mol. The van der Waals surface area contributed by atoms with Gasteiger partial charge in [0, 0.05) is 43.1 Å². The second-order valence-corrected chi connectivity index (χ2v) is 17.6. The lowest BCUT2D eigenvalue weighted by Crippen LogP contribution is -2.09. The Hall–Kier alpha value is -7.84. The molecule has 0 saturated carbocycles. The quantitative estimate of drug-likeness (QED) is 0.175. The second-order valence-electron chi connectivity index (χ2n) is 16.5. The SMILES string of the molecule is C=C1C=C(c2cccc(-n3c4c5c(c6ccccc6c4c4ccc6ccccc6c43)-c3ccc4ccccc4c3CC5)c2)C(c2ccc(C#N)cc2)=Nc2c1sc1ccccc21. The highest BCUT2D eigenvalue weighted by molar-refractivity contribution is 7.20. The molecule has 0 saturated heterocycles. The Balaban J connectivity index is 1.12. The lowest BCUT2D eigenvalue weighted by Gasteiger charge is -2.26. The molecule has 0 amide bonds. The Morgan fingerprint density at radius 3 is 2.10 bits per heavy atom. The molecule has 2 aromatic heterocycles. The van der Waals surface area contributed by atoms with Gasteiger partial charge in [-0.2, -0.15) is 5.26 Å². The van der Waals surface area contributed by atoms with Crippen LogP contribution in [0.25, 0.3) is 92.2 Å². The predicted octanol–water partition coefficient (Wildman–Crippen LogP) is 15.3. The number of aliphatic imine (C=N–C) groups is 1. The Bertz CT molecular complexity index is 3880. The van der Waals surface area contributed by atoms with Crippen LogP contribution in [0.1, 0.15) is 32.7 Å². The normalized spacial score (nSPS) is 13.6. The Kier molecular flexibility index (Phi) is 7.52. The minimum atomic E-state index is 0.617. The van der Waals surface area contributed by atoms with E-state index in [1.54, 1.807) is 11.3 Å². The summed E-state index contributed by atoms with van der Waals surface area (Å²) >= 11 is 1.74. The van der Waals surface area contributed by atoms with Gasteiger partial charge >= 0.3 is 0 Å². The molecule has 4 heteroatoms. The highest BCUT2D eigenvalue weighted by Gasteiger charge is 2.29. The van der Waals surface area contributed by atoms with Crippen LogP contribution in [0.2, 0.25) is 0 Å². The van der Waals surface area contributed by atoms with E-state index >= 15 is 0 Å². The van der Waals surface area contributed by atoms with Gasteiger partial charge in [-0.3, -0.25) is 0 Å². The molecular formula is C58H35N3S. The van der Waals surface area contributed by atoms with Crippen molar-refractivity contribution in [3.8, 4) is 22.9 Å². The molecule has 1 aliphatic heterocycles. The molecule has 0 radical (unpaired) electrons. The number of rotatable bonds is 3. The van der Waals surface area contributed by atoms with E-state index in [4.69, 9.17) is 4.99 Å². The minimum Gasteiger partial charge on any atom is -0.308 e. The van der Waals surface area contributed by atoms with Crippen LogP contribution in [-0.4, -0.2) is 10.3 Å². The highest BCUT2D eigenvalue weighted by Crippen LogP contribution is 2.50. The number of aromatic nitrogens is 1. The number of allylic oxidation sites excluding steroid dienone is 3. The van der Waals surface area contributed by atoms with Crippen LogP contribution in [-0.2, 0) is 12.8 Å². The van der Waals surface area contributed by atoms with Crippen molar-refractivity contribution < 1.29 is 0 Å². The standard InChI is InChI=1S/C58H35N3S/c1-34-31-50(54(38-23-21-35(33-59)22-24-38)60-55-47-19-8-9-20-51(47)62-58(34)55)39-13-10-14-40(32-39)61-56-42-16-5-3-12-37(42)26-28-49(56)53-45-18-7-6-17-44(45)52-46-27-25-36-11-2-4-15-41(36)43(46)29-30-48(52)57(53)61/h2-28,31-32H,1,29-30H2. The van der Waals surface area contributed by atoms with Gasteiger partial charge in [-0.1, -0.05) is 146 Å². The molecule has 9 aromatic carbocycles. The van der Waals surface area contributed by atoms with Gasteiger partial charge in [-0.05, 0) is 110 Å². The van der Waals surface area contributed by atoms with Crippen molar-refractivity contribution in [2.75, 3.05) is 0 Å². The number of fused-ring (bicyclic) bond motifs is 17. The lowest BCUT2D eigenvalue weighted by molar-refractivity contribution is 0.954. The summed E-state index contributed by atoms with van der Waals surface area (Å²) in [5, 5.41) is 21.1. The first-order chi connectivity index (χ1) is 30.6. The molecule has 2 aliphatic rings. The summed E-state index contributed by atoms with van der Waals surface area (Å²) in [5.74, 6) is 0. The van der Waals surface area contributed by atoms with Gasteiger partial charge in [0.25, 0.3) is 0 Å². The molecular weight excluding hydrogens is 771 g/mol. The first kappa shape index (κ1) is 35.0. The first-order valence-corrected chi connectivity index (χ1v) is 22.0. The largest absolute Gasteiger partial charge is 0.308 e. The molecule has 3 heterocycles. The molecule has 0 fully saturated rings. The molecule has 0 N–H and O–H groups in total. The van der Waals surface area contributed by atoms with Crippen molar-refractivity contribution in [1.29, 1.82) is 5.26 Å². The van der Waals surface area contributed by atoms with Gasteiger partial charge in [-0.25, -0.2) is 4.99 Å². The zero-order valence-corrected chi connectivity index (χ0v) is 34.4. The Labute approximate surface area is 362 Å². The molecule has 13 rings (SSSR count). The van der Waals surface area contributed by atoms with Crippen LogP contribution in [0.5, 0.6) is 0 Å². The maximum atomic E-state index is 9.73. The van der Waals surface area contributed by atoms with Crippen LogP contribution in [0, 0.1) is 11.3 Å². The number of nitrogens with zero attached hydrogens (tertiary/aromatic N) is 3. The third kappa shape index (κ3) is 5.00. The average molecular weight is 806 g/mol. The summed E-state index contributed by atoms with van der Waals surface area (Å²) in [7, 11) is 0. The van der Waals surface area contributed by atoms with E-state index in [0.717, 1.165) is 62.5 Å². The highest BCUT2D eigenvalue weighted by atomic mass is 32.1. The monoisotopic (exact) mass is 805 g/mol. The van der Waals surface area contributed by atoms with E-state index < -0.39 is 0 Å². The number of hydrogen-bond acceptors (Lipinski definition) is 3. The van der Waals surface area contributed by atoms with Crippen molar-refractivity contribution in [2.24, 2.45) is 4.99 Å². The van der Waals surface area contributed by atoms with E-state index in [0.29, 0.717) is 5.56 Å². The van der Waals surface area contributed by atoms with Crippen LogP contribution in [0.3, 0.4) is 0 Å². The smallest absolute Gasteiger partial charge is 0.0991 e. The van der Waals surface area contributed by atoms with E-state index in [2.05, 4.69) is 169 Å². The number of nitriles is 1. The lowest BCUT2D eigenvalue weighted by atomic mass is 9.79. The van der Waals surface area contributed by atoms with Crippen LogP contribution in [0.15, 0.2) is 188 Å². The maximum absolute atomic E-state index is 9.73. The summed E-state index contributed by atoms with van der Waals surface area (Å²) < 4.78 is 3.76. The Morgan fingerprint density at radius 1 is 0.581 bits per heavy atom. The molecule has 62 heavy (non-hydrogen) atoms. The summed E-state index contributed by atoms with van der Waals surface area (Å²) in [6, 6.07) is 63.6. The fourth-order valence-corrected chi connectivity index (χ4v) is 11.6. The second kappa shape index (κ2) is 13.3.